The SMILES string of the molecule is CC(=O)N1CCc2cc(S(=O)(=O)NCCC(C)O)ccc21. The first kappa shape index (κ1) is 15.9. The molecule has 2 N–H and O–H groups in total. The molecule has 1 aliphatic rings. The van der Waals surface area contributed by atoms with Crippen molar-refractivity contribution in [3.63, 3.8) is 0 Å². The van der Waals surface area contributed by atoms with Crippen LogP contribution in [0.3, 0.4) is 0 Å². The molecule has 0 saturated heterocycles. The number of rotatable bonds is 5. The van der Waals surface area contributed by atoms with Gasteiger partial charge in [-0.3, -0.25) is 4.79 Å². The lowest BCUT2D eigenvalue weighted by molar-refractivity contribution is -0.116. The summed E-state index contributed by atoms with van der Waals surface area (Å²) >= 11 is 0. The highest BCUT2D eigenvalue weighted by Gasteiger charge is 2.24. The smallest absolute Gasteiger partial charge is 0.240 e. The van der Waals surface area contributed by atoms with Crippen LogP contribution in [0.5, 0.6) is 0 Å². The molecule has 1 aliphatic heterocycles. The summed E-state index contributed by atoms with van der Waals surface area (Å²) in [7, 11) is -3.58. The molecule has 1 amide bonds. The van der Waals surface area contributed by atoms with E-state index in [4.69, 9.17) is 5.11 Å². The Morgan fingerprint density at radius 3 is 2.81 bits per heavy atom. The second kappa shape index (κ2) is 6.13. The van der Waals surface area contributed by atoms with E-state index in [0.717, 1.165) is 11.3 Å². The van der Waals surface area contributed by atoms with Gasteiger partial charge < -0.3 is 10.0 Å². The van der Waals surface area contributed by atoms with E-state index in [1.165, 1.54) is 13.0 Å². The second-order valence-corrected chi connectivity index (χ2v) is 7.01. The van der Waals surface area contributed by atoms with Crippen molar-refractivity contribution < 1.29 is 18.3 Å². The monoisotopic (exact) mass is 312 g/mol. The Bertz CT molecular complexity index is 640. The predicted octanol–water partition coefficient (Wildman–Crippen LogP) is 0.645. The highest BCUT2D eigenvalue weighted by Crippen LogP contribution is 2.30. The molecule has 0 spiro atoms. The van der Waals surface area contributed by atoms with Crippen molar-refractivity contribution in [2.24, 2.45) is 0 Å². The number of sulfonamides is 1. The Balaban J connectivity index is 2.17. The predicted molar refractivity (Wildman–Crippen MR) is 79.7 cm³/mol. The van der Waals surface area contributed by atoms with Crippen LogP contribution in [0.15, 0.2) is 23.1 Å². The number of hydrogen-bond donors (Lipinski definition) is 2. The van der Waals surface area contributed by atoms with Crippen molar-refractivity contribution in [1.29, 1.82) is 0 Å². The van der Waals surface area contributed by atoms with Crippen molar-refractivity contribution in [1.82, 2.24) is 4.72 Å². The minimum Gasteiger partial charge on any atom is -0.393 e. The van der Waals surface area contributed by atoms with Crippen molar-refractivity contribution in [2.75, 3.05) is 18.0 Å². The maximum atomic E-state index is 12.2. The average molecular weight is 312 g/mol. The number of nitrogens with zero attached hydrogens (tertiary/aromatic N) is 1. The maximum absolute atomic E-state index is 12.2. The Kier molecular flexibility index (Phi) is 4.65. The van der Waals surface area contributed by atoms with Gasteiger partial charge in [0.05, 0.1) is 11.0 Å². The fourth-order valence-corrected chi connectivity index (χ4v) is 3.46. The normalized spacial score (nSPS) is 15.9. The van der Waals surface area contributed by atoms with Crippen LogP contribution in [0.4, 0.5) is 5.69 Å². The number of amides is 1. The van der Waals surface area contributed by atoms with Gasteiger partial charge in [0.15, 0.2) is 0 Å². The summed E-state index contributed by atoms with van der Waals surface area (Å²) < 4.78 is 26.8. The van der Waals surface area contributed by atoms with Crippen LogP contribution in [0.2, 0.25) is 0 Å². The van der Waals surface area contributed by atoms with E-state index >= 15 is 0 Å². The lowest BCUT2D eigenvalue weighted by Gasteiger charge is -2.15. The van der Waals surface area contributed by atoms with Crippen LogP contribution in [-0.4, -0.2) is 38.6 Å². The maximum Gasteiger partial charge on any atom is 0.240 e. The number of carbonyl (C=O) groups is 1. The second-order valence-electron chi connectivity index (χ2n) is 5.25. The fraction of sp³-hybridized carbons (Fsp3) is 0.500. The summed E-state index contributed by atoms with van der Waals surface area (Å²) in [4.78, 5) is 13.3. The molecule has 0 saturated carbocycles. The third-order valence-corrected chi connectivity index (χ3v) is 4.95. The quantitative estimate of drug-likeness (QED) is 0.835. The van der Waals surface area contributed by atoms with Crippen molar-refractivity contribution >= 4 is 21.6 Å². The molecular formula is C14H20N2O4S. The van der Waals surface area contributed by atoms with E-state index in [-0.39, 0.29) is 17.3 Å². The zero-order valence-electron chi connectivity index (χ0n) is 12.2. The Morgan fingerprint density at radius 2 is 2.19 bits per heavy atom. The van der Waals surface area contributed by atoms with Crippen LogP contribution < -0.4 is 9.62 Å². The first-order valence-electron chi connectivity index (χ1n) is 6.90. The highest BCUT2D eigenvalue weighted by atomic mass is 32.2. The first-order chi connectivity index (χ1) is 9.81. The number of aliphatic hydroxyl groups is 1. The van der Waals surface area contributed by atoms with E-state index in [1.54, 1.807) is 24.0 Å². The summed E-state index contributed by atoms with van der Waals surface area (Å²) in [6.07, 6.45) is 0.477. The molecule has 2 rings (SSSR count). The highest BCUT2D eigenvalue weighted by molar-refractivity contribution is 7.89. The van der Waals surface area contributed by atoms with Crippen molar-refractivity contribution in [3.8, 4) is 0 Å². The number of nitrogens with one attached hydrogen (secondary N) is 1. The van der Waals surface area contributed by atoms with Gasteiger partial charge in [-0.05, 0) is 43.5 Å². The van der Waals surface area contributed by atoms with E-state index in [1.807, 2.05) is 0 Å². The molecule has 0 aliphatic carbocycles. The number of aliphatic hydroxyl groups excluding tert-OH is 1. The largest absolute Gasteiger partial charge is 0.393 e. The number of fused-ring (bicyclic) bond motifs is 1. The molecule has 0 fully saturated rings. The van der Waals surface area contributed by atoms with E-state index in [2.05, 4.69) is 4.72 Å². The summed E-state index contributed by atoms with van der Waals surface area (Å²) in [5, 5.41) is 9.16. The average Bonchev–Trinajstić information content (AvgIpc) is 2.80. The molecule has 1 unspecified atom stereocenters. The van der Waals surface area contributed by atoms with Gasteiger partial charge in [-0.1, -0.05) is 0 Å². The number of carbonyl (C=O) groups excluding carboxylic acids is 1. The van der Waals surface area contributed by atoms with Crippen LogP contribution >= 0.6 is 0 Å². The van der Waals surface area contributed by atoms with Crippen LogP contribution in [0, 0.1) is 0 Å². The third kappa shape index (κ3) is 3.61. The zero-order valence-corrected chi connectivity index (χ0v) is 13.0. The zero-order chi connectivity index (χ0) is 15.6. The molecule has 0 aromatic heterocycles. The van der Waals surface area contributed by atoms with Gasteiger partial charge in [0.2, 0.25) is 15.9 Å². The lowest BCUT2D eigenvalue weighted by atomic mass is 10.2. The van der Waals surface area contributed by atoms with Crippen molar-refractivity contribution in [2.45, 2.75) is 37.7 Å². The Morgan fingerprint density at radius 1 is 1.48 bits per heavy atom. The van der Waals surface area contributed by atoms with E-state index < -0.39 is 16.1 Å². The van der Waals surface area contributed by atoms with Crippen LogP contribution in [0.1, 0.15) is 25.8 Å². The standard InChI is InChI=1S/C14H20N2O4S/c1-10(17)5-7-15-21(19,20)13-3-4-14-12(9-13)6-8-16(14)11(2)18/h3-4,9-10,15,17H,5-8H2,1-2H3. The summed E-state index contributed by atoms with van der Waals surface area (Å²) in [6, 6.07) is 4.79. The Hall–Kier alpha value is -1.44. The van der Waals surface area contributed by atoms with Gasteiger partial charge in [-0.25, -0.2) is 13.1 Å². The molecule has 1 heterocycles. The van der Waals surface area contributed by atoms with Gasteiger partial charge in [0, 0.05) is 25.7 Å². The fourth-order valence-electron chi connectivity index (χ4n) is 2.36. The summed E-state index contributed by atoms with van der Waals surface area (Å²) in [5.74, 6) is -0.0422. The van der Waals surface area contributed by atoms with Crippen molar-refractivity contribution in [3.05, 3.63) is 23.8 Å². The van der Waals surface area contributed by atoms with E-state index in [9.17, 15) is 13.2 Å². The molecule has 7 heteroatoms. The molecule has 6 nitrogen and oxygen atoms in total. The third-order valence-electron chi connectivity index (χ3n) is 3.49. The summed E-state index contributed by atoms with van der Waals surface area (Å²) in [5.41, 5.74) is 1.65. The van der Waals surface area contributed by atoms with Crippen LogP contribution in [-0.2, 0) is 21.2 Å². The number of anilines is 1. The van der Waals surface area contributed by atoms with Gasteiger partial charge in [0.25, 0.3) is 0 Å². The molecule has 1 aromatic carbocycles. The molecule has 1 atom stereocenters. The molecule has 0 bridgehead atoms. The Labute approximate surface area is 124 Å². The minimum absolute atomic E-state index is 0.0422. The van der Waals surface area contributed by atoms with Crippen LogP contribution in [0.25, 0.3) is 0 Å². The number of hydrogen-bond acceptors (Lipinski definition) is 4. The number of benzene rings is 1. The van der Waals surface area contributed by atoms with Gasteiger partial charge >= 0.3 is 0 Å². The first-order valence-corrected chi connectivity index (χ1v) is 8.38. The minimum atomic E-state index is -3.58. The topological polar surface area (TPSA) is 86.7 Å². The summed E-state index contributed by atoms with van der Waals surface area (Å²) in [6.45, 7) is 3.89. The van der Waals surface area contributed by atoms with E-state index in [0.29, 0.717) is 19.4 Å². The molecule has 0 radical (unpaired) electrons. The van der Waals surface area contributed by atoms with Gasteiger partial charge in [-0.15, -0.1) is 0 Å². The molecular weight excluding hydrogens is 292 g/mol. The molecule has 1 aromatic rings. The molecule has 116 valence electrons. The lowest BCUT2D eigenvalue weighted by Crippen LogP contribution is -2.27. The molecule has 21 heavy (non-hydrogen) atoms. The van der Waals surface area contributed by atoms with Gasteiger partial charge in [-0.2, -0.15) is 0 Å². The van der Waals surface area contributed by atoms with Gasteiger partial charge in [0.1, 0.15) is 0 Å².